The van der Waals surface area contributed by atoms with Gasteiger partial charge in [-0.05, 0) is 43.4 Å². The second-order valence-corrected chi connectivity index (χ2v) is 6.68. The maximum Gasteiger partial charge on any atom is 0.222 e. The number of carbonyl (C=O) groups excluding carboxylic acids is 2. The lowest BCUT2D eigenvalue weighted by molar-refractivity contribution is -0.137. The molecule has 3 rings (SSSR count). The van der Waals surface area contributed by atoms with Gasteiger partial charge in [-0.1, -0.05) is 12.1 Å². The maximum absolute atomic E-state index is 12.6. The van der Waals surface area contributed by atoms with E-state index in [-0.39, 0.29) is 17.9 Å². The number of aryl methyl sites for hydroxylation is 1. The molecular weight excluding hydrogens is 304 g/mol. The van der Waals surface area contributed by atoms with Crippen molar-refractivity contribution in [1.82, 2.24) is 9.80 Å². The first-order valence-electron chi connectivity index (χ1n) is 8.87. The van der Waals surface area contributed by atoms with Crippen molar-refractivity contribution >= 4 is 11.8 Å². The molecule has 2 aliphatic rings. The number of rotatable bonds is 5. The smallest absolute Gasteiger partial charge is 0.222 e. The molecule has 5 nitrogen and oxygen atoms in total. The quantitative estimate of drug-likeness (QED) is 0.832. The van der Waals surface area contributed by atoms with Crippen LogP contribution in [0.2, 0.25) is 0 Å². The number of hydrogen-bond donors (Lipinski definition) is 0. The van der Waals surface area contributed by atoms with Crippen molar-refractivity contribution in [2.45, 2.75) is 44.6 Å². The zero-order chi connectivity index (χ0) is 16.9. The van der Waals surface area contributed by atoms with Crippen molar-refractivity contribution in [2.24, 2.45) is 0 Å². The third-order valence-corrected chi connectivity index (χ3v) is 5.06. The van der Waals surface area contributed by atoms with E-state index in [1.54, 1.807) is 7.11 Å². The number of piperidine rings is 1. The molecule has 0 radical (unpaired) electrons. The first-order chi connectivity index (χ1) is 11.7. The van der Waals surface area contributed by atoms with Gasteiger partial charge >= 0.3 is 0 Å². The number of amides is 2. The van der Waals surface area contributed by atoms with Gasteiger partial charge in [-0.25, -0.2) is 0 Å². The number of methoxy groups -OCH3 is 1. The van der Waals surface area contributed by atoms with E-state index in [1.165, 1.54) is 0 Å². The lowest BCUT2D eigenvalue weighted by Crippen LogP contribution is -2.50. The van der Waals surface area contributed by atoms with Gasteiger partial charge in [0, 0.05) is 38.5 Å². The molecule has 1 unspecified atom stereocenters. The predicted octanol–water partition coefficient (Wildman–Crippen LogP) is 2.24. The molecule has 0 aliphatic carbocycles. The normalized spacial score (nSPS) is 21.2. The van der Waals surface area contributed by atoms with Gasteiger partial charge in [0.05, 0.1) is 7.11 Å². The van der Waals surface area contributed by atoms with Gasteiger partial charge in [0.25, 0.3) is 0 Å². The van der Waals surface area contributed by atoms with E-state index >= 15 is 0 Å². The molecule has 130 valence electrons. The number of nitrogens with zero attached hydrogens (tertiary/aromatic N) is 2. The van der Waals surface area contributed by atoms with Gasteiger partial charge in [0.15, 0.2) is 0 Å². The van der Waals surface area contributed by atoms with Crippen molar-refractivity contribution in [3.63, 3.8) is 0 Å². The van der Waals surface area contributed by atoms with Gasteiger partial charge < -0.3 is 14.5 Å². The van der Waals surface area contributed by atoms with Crippen molar-refractivity contribution in [3.8, 4) is 5.75 Å². The van der Waals surface area contributed by atoms with Gasteiger partial charge in [0.2, 0.25) is 11.8 Å². The molecule has 1 aromatic carbocycles. The van der Waals surface area contributed by atoms with Crippen molar-refractivity contribution in [2.75, 3.05) is 26.7 Å². The molecule has 2 aliphatic heterocycles. The van der Waals surface area contributed by atoms with Crippen LogP contribution in [0.15, 0.2) is 24.3 Å². The lowest BCUT2D eigenvalue weighted by Gasteiger charge is -2.37. The van der Waals surface area contributed by atoms with Crippen LogP contribution >= 0.6 is 0 Å². The first kappa shape index (κ1) is 16.8. The molecule has 2 heterocycles. The van der Waals surface area contributed by atoms with Crippen LogP contribution < -0.4 is 4.74 Å². The highest BCUT2D eigenvalue weighted by Crippen LogP contribution is 2.22. The number of ether oxygens (including phenoxy) is 1. The van der Waals surface area contributed by atoms with E-state index in [4.69, 9.17) is 4.74 Å². The molecular formula is C19H26N2O3. The Morgan fingerprint density at radius 2 is 2.17 bits per heavy atom. The first-order valence-corrected chi connectivity index (χ1v) is 8.87. The Morgan fingerprint density at radius 1 is 1.29 bits per heavy atom. The Morgan fingerprint density at radius 3 is 2.92 bits per heavy atom. The van der Waals surface area contributed by atoms with E-state index in [2.05, 4.69) is 0 Å². The third-order valence-electron chi connectivity index (χ3n) is 5.06. The summed E-state index contributed by atoms with van der Waals surface area (Å²) in [5.41, 5.74) is 1.12. The summed E-state index contributed by atoms with van der Waals surface area (Å²) in [7, 11) is 1.65. The molecule has 0 N–H and O–H groups in total. The topological polar surface area (TPSA) is 49.9 Å². The van der Waals surface area contributed by atoms with Crippen molar-refractivity contribution in [1.29, 1.82) is 0 Å². The van der Waals surface area contributed by atoms with Gasteiger partial charge in [-0.15, -0.1) is 0 Å². The average molecular weight is 330 g/mol. The summed E-state index contributed by atoms with van der Waals surface area (Å²) in [6, 6.07) is 8.09. The second-order valence-electron chi connectivity index (χ2n) is 6.68. The molecule has 2 amide bonds. The van der Waals surface area contributed by atoms with Crippen molar-refractivity contribution < 1.29 is 14.3 Å². The lowest BCUT2D eigenvalue weighted by atomic mass is 10.0. The summed E-state index contributed by atoms with van der Waals surface area (Å²) in [6.07, 6.45) is 4.86. The minimum atomic E-state index is 0.189. The third kappa shape index (κ3) is 3.89. The Hall–Kier alpha value is -2.04. The summed E-state index contributed by atoms with van der Waals surface area (Å²) < 4.78 is 5.23. The van der Waals surface area contributed by atoms with Gasteiger partial charge in [0.1, 0.15) is 5.75 Å². The number of carbonyl (C=O) groups is 2. The summed E-state index contributed by atoms with van der Waals surface area (Å²) in [5, 5.41) is 0. The SMILES string of the molecule is COc1cccc(CCC(=O)N2CCCC(N3CCCC3=O)C2)c1. The van der Waals surface area contributed by atoms with E-state index < -0.39 is 0 Å². The van der Waals surface area contributed by atoms with Gasteiger partial charge in [-0.3, -0.25) is 9.59 Å². The largest absolute Gasteiger partial charge is 0.497 e. The molecule has 5 heteroatoms. The van der Waals surface area contributed by atoms with Crippen LogP contribution in [0.5, 0.6) is 5.75 Å². The number of likely N-dealkylation sites (tertiary alicyclic amines) is 2. The van der Waals surface area contributed by atoms with Crippen LogP contribution in [0.25, 0.3) is 0 Å². The Bertz CT molecular complexity index is 602. The fourth-order valence-corrected chi connectivity index (χ4v) is 3.73. The van der Waals surface area contributed by atoms with E-state index in [1.807, 2.05) is 34.1 Å². The molecule has 2 fully saturated rings. The molecule has 1 aromatic rings. The van der Waals surface area contributed by atoms with Crippen LogP contribution in [0.3, 0.4) is 0 Å². The summed E-state index contributed by atoms with van der Waals surface area (Å²) >= 11 is 0. The highest BCUT2D eigenvalue weighted by molar-refractivity contribution is 5.79. The highest BCUT2D eigenvalue weighted by Gasteiger charge is 2.32. The van der Waals surface area contributed by atoms with Crippen LogP contribution in [0.4, 0.5) is 0 Å². The second kappa shape index (κ2) is 7.69. The molecule has 0 spiro atoms. The molecule has 0 bridgehead atoms. The number of benzene rings is 1. The average Bonchev–Trinajstić information content (AvgIpc) is 3.06. The monoisotopic (exact) mass is 330 g/mol. The van der Waals surface area contributed by atoms with Gasteiger partial charge in [-0.2, -0.15) is 0 Å². The van der Waals surface area contributed by atoms with E-state index in [0.29, 0.717) is 19.4 Å². The van der Waals surface area contributed by atoms with Crippen LogP contribution in [-0.2, 0) is 16.0 Å². The Balaban J connectivity index is 1.53. The zero-order valence-electron chi connectivity index (χ0n) is 14.4. The predicted molar refractivity (Wildman–Crippen MR) is 91.9 cm³/mol. The van der Waals surface area contributed by atoms with Crippen LogP contribution in [0.1, 0.15) is 37.7 Å². The van der Waals surface area contributed by atoms with Crippen LogP contribution in [0, 0.1) is 0 Å². The molecule has 0 saturated carbocycles. The Labute approximate surface area is 143 Å². The summed E-state index contributed by atoms with van der Waals surface area (Å²) in [6.45, 7) is 2.37. The van der Waals surface area contributed by atoms with Crippen LogP contribution in [-0.4, -0.2) is 54.4 Å². The zero-order valence-corrected chi connectivity index (χ0v) is 14.4. The minimum Gasteiger partial charge on any atom is -0.497 e. The maximum atomic E-state index is 12.6. The van der Waals surface area contributed by atoms with Crippen molar-refractivity contribution in [3.05, 3.63) is 29.8 Å². The molecule has 2 saturated heterocycles. The fourth-order valence-electron chi connectivity index (χ4n) is 3.73. The standard InChI is InChI=1S/C19H26N2O3/c1-24-17-7-2-5-15(13-17)9-10-18(22)20-11-3-6-16(14-20)21-12-4-8-19(21)23/h2,5,7,13,16H,3-4,6,8-12,14H2,1H3. The molecule has 24 heavy (non-hydrogen) atoms. The number of hydrogen-bond acceptors (Lipinski definition) is 3. The summed E-state index contributed by atoms with van der Waals surface area (Å²) in [5.74, 6) is 1.27. The fraction of sp³-hybridized carbons (Fsp3) is 0.579. The molecule has 0 aromatic heterocycles. The van der Waals surface area contributed by atoms with E-state index in [0.717, 1.165) is 50.1 Å². The summed E-state index contributed by atoms with van der Waals surface area (Å²) in [4.78, 5) is 28.4. The highest BCUT2D eigenvalue weighted by atomic mass is 16.5. The van der Waals surface area contributed by atoms with E-state index in [9.17, 15) is 9.59 Å². The minimum absolute atomic E-state index is 0.189. The molecule has 1 atom stereocenters. The Kier molecular flexibility index (Phi) is 5.38.